The first-order valence-electron chi connectivity index (χ1n) is 17.3. The van der Waals surface area contributed by atoms with E-state index in [-0.39, 0.29) is 0 Å². The van der Waals surface area contributed by atoms with Crippen molar-refractivity contribution in [3.8, 4) is 45.3 Å². The van der Waals surface area contributed by atoms with Gasteiger partial charge in [0.15, 0.2) is 0 Å². The van der Waals surface area contributed by atoms with Crippen molar-refractivity contribution < 1.29 is 4.74 Å². The third kappa shape index (κ3) is 4.10. The van der Waals surface area contributed by atoms with Crippen molar-refractivity contribution >= 4 is 28.8 Å². The van der Waals surface area contributed by atoms with Gasteiger partial charge in [0.1, 0.15) is 11.5 Å². The fourth-order valence-corrected chi connectivity index (χ4v) is 9.42. The zero-order chi connectivity index (χ0) is 34.2. The molecule has 6 heteroatoms. The van der Waals surface area contributed by atoms with Crippen LogP contribution in [0.1, 0.15) is 22.3 Å². The number of benzene rings is 5. The number of nitrogens with zero attached hydrogens (tertiary/aromatic N) is 4. The second kappa shape index (κ2) is 11.3. The van der Waals surface area contributed by atoms with Crippen LogP contribution in [0, 0.1) is 0 Å². The van der Waals surface area contributed by atoms with Gasteiger partial charge in [0.2, 0.25) is 0 Å². The molecule has 0 bridgehead atoms. The second-order valence-corrected chi connectivity index (χ2v) is 14.2. The first-order valence-corrected chi connectivity index (χ1v) is 18.2. The maximum atomic E-state index is 7.08. The normalized spacial score (nSPS) is 15.8. The fourth-order valence-electron chi connectivity index (χ4n) is 8.28. The highest BCUT2D eigenvalue weighted by Gasteiger charge is 2.53. The summed E-state index contributed by atoms with van der Waals surface area (Å²) in [5.41, 5.74) is 13.0. The lowest BCUT2D eigenvalue weighted by Crippen LogP contribution is -2.33. The zero-order valence-electron chi connectivity index (χ0n) is 27.8. The molecule has 1 aliphatic carbocycles. The highest BCUT2D eigenvalue weighted by atomic mass is 32.2. The number of hydrogen-bond acceptors (Lipinski definition) is 6. The van der Waals surface area contributed by atoms with E-state index < -0.39 is 5.41 Å². The van der Waals surface area contributed by atoms with E-state index in [1.54, 1.807) is 11.8 Å². The topological polar surface area (TPSA) is 51.1 Å². The molecule has 0 radical (unpaired) electrons. The van der Waals surface area contributed by atoms with E-state index in [2.05, 4.69) is 143 Å². The van der Waals surface area contributed by atoms with Gasteiger partial charge in [0.25, 0.3) is 0 Å². The van der Waals surface area contributed by atoms with Crippen molar-refractivity contribution in [2.45, 2.75) is 15.2 Å². The van der Waals surface area contributed by atoms with Crippen LogP contribution >= 0.6 is 11.8 Å². The van der Waals surface area contributed by atoms with Gasteiger partial charge in [-0.2, -0.15) is 0 Å². The average Bonchev–Trinajstić information content (AvgIpc) is 3.50. The van der Waals surface area contributed by atoms with Gasteiger partial charge in [-0.25, -0.2) is 4.98 Å². The molecule has 244 valence electrons. The summed E-state index contributed by atoms with van der Waals surface area (Å²) < 4.78 is 7.08. The molecule has 0 saturated carbocycles. The Bertz CT molecular complexity index is 2720. The molecule has 2 aliphatic heterocycles. The van der Waals surface area contributed by atoms with Crippen molar-refractivity contribution in [3.63, 3.8) is 0 Å². The molecular formula is C46H28N4OS. The van der Waals surface area contributed by atoms with Crippen molar-refractivity contribution in [3.05, 3.63) is 193 Å². The van der Waals surface area contributed by atoms with Crippen LogP contribution in [0.2, 0.25) is 0 Å². The number of ether oxygens (including phenoxy) is 1. The van der Waals surface area contributed by atoms with Gasteiger partial charge in [-0.1, -0.05) is 109 Å². The molecule has 0 fully saturated rings. The lowest BCUT2D eigenvalue weighted by molar-refractivity contribution is 0.426. The first kappa shape index (κ1) is 29.3. The predicted molar refractivity (Wildman–Crippen MR) is 207 cm³/mol. The molecule has 52 heavy (non-hydrogen) atoms. The van der Waals surface area contributed by atoms with E-state index in [1.807, 2.05) is 36.8 Å². The molecular weight excluding hydrogens is 657 g/mol. The lowest BCUT2D eigenvalue weighted by atomic mass is 9.66. The Morgan fingerprint density at radius 1 is 0.558 bits per heavy atom. The lowest BCUT2D eigenvalue weighted by Gasteiger charge is -2.41. The predicted octanol–water partition coefficient (Wildman–Crippen LogP) is 11.6. The third-order valence-corrected chi connectivity index (χ3v) is 11.6. The average molecular weight is 685 g/mol. The van der Waals surface area contributed by atoms with Gasteiger partial charge >= 0.3 is 0 Å². The van der Waals surface area contributed by atoms with E-state index in [0.29, 0.717) is 0 Å². The number of para-hydroxylation sites is 2. The van der Waals surface area contributed by atoms with E-state index >= 15 is 0 Å². The molecule has 0 N–H and O–H groups in total. The number of anilines is 3. The summed E-state index contributed by atoms with van der Waals surface area (Å²) >= 11 is 1.77. The molecule has 8 aromatic rings. The van der Waals surface area contributed by atoms with Crippen molar-refractivity contribution in [1.29, 1.82) is 0 Å². The van der Waals surface area contributed by atoms with Gasteiger partial charge in [-0.05, 0) is 71.3 Å². The van der Waals surface area contributed by atoms with Crippen LogP contribution < -0.4 is 9.64 Å². The van der Waals surface area contributed by atoms with Crippen LogP contribution in [-0.4, -0.2) is 15.0 Å². The summed E-state index contributed by atoms with van der Waals surface area (Å²) in [6, 6.07) is 53.4. The second-order valence-electron chi connectivity index (χ2n) is 13.2. The Balaban J connectivity index is 1.17. The summed E-state index contributed by atoms with van der Waals surface area (Å²) in [5, 5.41) is 0. The van der Waals surface area contributed by atoms with Crippen LogP contribution in [0.25, 0.3) is 33.8 Å². The molecule has 0 saturated heterocycles. The molecule has 1 spiro atoms. The first-order chi connectivity index (χ1) is 25.8. The van der Waals surface area contributed by atoms with E-state index in [4.69, 9.17) is 14.7 Å². The van der Waals surface area contributed by atoms with Crippen LogP contribution in [0.4, 0.5) is 17.1 Å². The highest BCUT2D eigenvalue weighted by Crippen LogP contribution is 2.65. The largest absolute Gasteiger partial charge is 0.455 e. The summed E-state index contributed by atoms with van der Waals surface area (Å²) in [4.78, 5) is 19.3. The SMILES string of the molecule is c1ccc(-c2ccc3c(n2)-c2ncccc2C32c3ccccc3Oc3c2ccc2c3Sc3ccccc3N2c2cccc(-c3cccnc3)c2)cc1. The van der Waals surface area contributed by atoms with E-state index in [1.165, 1.54) is 0 Å². The van der Waals surface area contributed by atoms with Crippen LogP contribution in [0.3, 0.4) is 0 Å². The van der Waals surface area contributed by atoms with Crippen molar-refractivity contribution in [2.24, 2.45) is 0 Å². The maximum Gasteiger partial charge on any atom is 0.148 e. The van der Waals surface area contributed by atoms with Gasteiger partial charge in [0.05, 0.1) is 38.8 Å². The van der Waals surface area contributed by atoms with Gasteiger partial charge in [-0.3, -0.25) is 9.97 Å². The number of aromatic nitrogens is 3. The number of pyridine rings is 3. The Morgan fingerprint density at radius 2 is 1.33 bits per heavy atom. The molecule has 11 rings (SSSR count). The standard InChI is InChI=1S/C46H28N4OS/c1-2-11-29(12-3-1)37-23-21-35-43(49-37)42-34(17-10-26-48-42)46(35)33-16-4-6-19-40(33)51-44-36(46)22-24-39-45(44)52-41-20-7-5-18-38(41)50(39)32-15-8-13-30(27-32)31-14-9-25-47-28-31/h1-28H. The molecule has 5 aromatic carbocycles. The van der Waals surface area contributed by atoms with E-state index in [0.717, 1.165) is 94.4 Å². The maximum absolute atomic E-state index is 7.08. The molecule has 3 aliphatic rings. The van der Waals surface area contributed by atoms with Crippen LogP contribution in [-0.2, 0) is 5.41 Å². The summed E-state index contributed by atoms with van der Waals surface area (Å²) in [7, 11) is 0. The zero-order valence-corrected chi connectivity index (χ0v) is 28.6. The smallest absolute Gasteiger partial charge is 0.148 e. The quantitative estimate of drug-likeness (QED) is 0.185. The number of rotatable bonds is 3. The Kier molecular flexibility index (Phi) is 6.33. The highest BCUT2D eigenvalue weighted by molar-refractivity contribution is 7.99. The Morgan fingerprint density at radius 3 is 2.25 bits per heavy atom. The van der Waals surface area contributed by atoms with Gasteiger partial charge in [-0.15, -0.1) is 0 Å². The Hall–Kier alpha value is -6.50. The number of hydrogen-bond donors (Lipinski definition) is 0. The number of fused-ring (bicyclic) bond motifs is 12. The molecule has 1 atom stereocenters. The summed E-state index contributed by atoms with van der Waals surface area (Å²) in [6.07, 6.45) is 5.60. The van der Waals surface area contributed by atoms with Crippen LogP contribution in [0.5, 0.6) is 11.5 Å². The van der Waals surface area contributed by atoms with Gasteiger partial charge in [0, 0.05) is 51.4 Å². The van der Waals surface area contributed by atoms with Crippen LogP contribution in [0.15, 0.2) is 180 Å². The minimum Gasteiger partial charge on any atom is -0.455 e. The van der Waals surface area contributed by atoms with Crippen molar-refractivity contribution in [2.75, 3.05) is 4.90 Å². The molecule has 5 heterocycles. The van der Waals surface area contributed by atoms with Crippen molar-refractivity contribution in [1.82, 2.24) is 15.0 Å². The molecule has 1 unspecified atom stereocenters. The van der Waals surface area contributed by atoms with E-state index in [9.17, 15) is 0 Å². The summed E-state index contributed by atoms with van der Waals surface area (Å²) in [6.45, 7) is 0. The minimum atomic E-state index is -0.678. The van der Waals surface area contributed by atoms with Gasteiger partial charge < -0.3 is 9.64 Å². The Labute approximate surface area is 305 Å². The minimum absolute atomic E-state index is 0.678. The molecule has 3 aromatic heterocycles. The monoisotopic (exact) mass is 684 g/mol. The third-order valence-electron chi connectivity index (χ3n) is 10.5. The molecule has 0 amide bonds. The molecule has 5 nitrogen and oxygen atoms in total. The fraction of sp³-hybridized carbons (Fsp3) is 0.0217. The summed E-state index contributed by atoms with van der Waals surface area (Å²) in [5.74, 6) is 1.70.